The topological polar surface area (TPSA) is 40.5 Å². The van der Waals surface area contributed by atoms with Gasteiger partial charge in [-0.1, -0.05) is 19.1 Å². The largest absolute Gasteiger partial charge is 0.394 e. The van der Waals surface area contributed by atoms with Crippen molar-refractivity contribution in [2.75, 3.05) is 13.2 Å². The first-order chi connectivity index (χ1) is 9.61. The Kier molecular flexibility index (Phi) is 4.90. The van der Waals surface area contributed by atoms with E-state index in [0.29, 0.717) is 12.5 Å². The van der Waals surface area contributed by atoms with Crippen molar-refractivity contribution in [3.63, 3.8) is 0 Å². The Morgan fingerprint density at radius 3 is 2.80 bits per heavy atom. The second kappa shape index (κ2) is 6.66. The Morgan fingerprint density at radius 2 is 2.15 bits per heavy atom. The number of likely N-dealkylation sites (tertiary alicyclic amines) is 1. The van der Waals surface area contributed by atoms with Crippen LogP contribution in [-0.4, -0.2) is 35.1 Å². The number of benzene rings is 1. The van der Waals surface area contributed by atoms with E-state index in [-0.39, 0.29) is 24.4 Å². The monoisotopic (exact) mass is 277 g/mol. The van der Waals surface area contributed by atoms with Crippen LogP contribution in [-0.2, 0) is 4.79 Å². The highest BCUT2D eigenvalue weighted by molar-refractivity contribution is 5.92. The Bertz CT molecular complexity index is 484. The first-order valence-electron chi connectivity index (χ1n) is 6.97. The van der Waals surface area contributed by atoms with Gasteiger partial charge in [0.05, 0.1) is 12.6 Å². The molecule has 2 atom stereocenters. The first kappa shape index (κ1) is 14.7. The number of nitrogens with zero attached hydrogens (tertiary/aromatic N) is 1. The molecule has 1 aromatic carbocycles. The lowest BCUT2D eigenvalue weighted by atomic mass is 9.91. The van der Waals surface area contributed by atoms with Crippen LogP contribution in [0.4, 0.5) is 4.39 Å². The number of piperidine rings is 1. The van der Waals surface area contributed by atoms with E-state index in [9.17, 15) is 14.3 Å². The van der Waals surface area contributed by atoms with Crippen molar-refractivity contribution in [1.29, 1.82) is 0 Å². The van der Waals surface area contributed by atoms with Crippen molar-refractivity contribution in [2.45, 2.75) is 25.8 Å². The van der Waals surface area contributed by atoms with Gasteiger partial charge in [-0.2, -0.15) is 0 Å². The Hall–Kier alpha value is -1.68. The minimum Gasteiger partial charge on any atom is -0.394 e. The molecule has 1 amide bonds. The van der Waals surface area contributed by atoms with Crippen LogP contribution in [0.5, 0.6) is 0 Å². The molecule has 0 bridgehead atoms. The summed E-state index contributed by atoms with van der Waals surface area (Å²) in [6.07, 6.45) is 5.17. The van der Waals surface area contributed by atoms with E-state index < -0.39 is 0 Å². The van der Waals surface area contributed by atoms with Crippen molar-refractivity contribution in [2.24, 2.45) is 5.92 Å². The predicted octanol–water partition coefficient (Wildman–Crippen LogP) is 2.46. The SMILES string of the molecule is CC1CCCN(C(=O)/C=C/c2ccc(F)cc2)C1CO. The van der Waals surface area contributed by atoms with Crippen LogP contribution in [0, 0.1) is 11.7 Å². The molecule has 2 unspecified atom stereocenters. The quantitative estimate of drug-likeness (QED) is 0.862. The van der Waals surface area contributed by atoms with Crippen LogP contribution in [0.2, 0.25) is 0 Å². The summed E-state index contributed by atoms with van der Waals surface area (Å²) >= 11 is 0. The molecule has 1 aromatic rings. The zero-order valence-corrected chi connectivity index (χ0v) is 11.6. The lowest BCUT2D eigenvalue weighted by molar-refractivity contribution is -0.132. The van der Waals surface area contributed by atoms with Gasteiger partial charge in [0.2, 0.25) is 5.91 Å². The van der Waals surface area contributed by atoms with Crippen LogP contribution < -0.4 is 0 Å². The van der Waals surface area contributed by atoms with Crippen LogP contribution in [0.1, 0.15) is 25.3 Å². The van der Waals surface area contributed by atoms with Crippen molar-refractivity contribution >= 4 is 12.0 Å². The molecule has 1 aliphatic rings. The smallest absolute Gasteiger partial charge is 0.246 e. The van der Waals surface area contributed by atoms with E-state index in [1.807, 2.05) is 0 Å². The fourth-order valence-corrected chi connectivity index (χ4v) is 2.64. The molecule has 20 heavy (non-hydrogen) atoms. The van der Waals surface area contributed by atoms with Crippen LogP contribution in [0.25, 0.3) is 6.08 Å². The molecule has 2 rings (SSSR count). The van der Waals surface area contributed by atoms with E-state index in [2.05, 4.69) is 6.92 Å². The number of carbonyl (C=O) groups excluding carboxylic acids is 1. The molecule has 1 fully saturated rings. The third-order valence-electron chi connectivity index (χ3n) is 3.87. The molecule has 0 aliphatic carbocycles. The van der Waals surface area contributed by atoms with Crippen molar-refractivity contribution in [1.82, 2.24) is 4.90 Å². The normalized spacial score (nSPS) is 23.2. The predicted molar refractivity (Wildman–Crippen MR) is 76.4 cm³/mol. The summed E-state index contributed by atoms with van der Waals surface area (Å²) in [5.41, 5.74) is 0.783. The van der Waals surface area contributed by atoms with Gasteiger partial charge in [0, 0.05) is 12.6 Å². The number of hydrogen-bond donors (Lipinski definition) is 1. The molecule has 1 N–H and O–H groups in total. The molecule has 0 aromatic heterocycles. The van der Waals surface area contributed by atoms with Crippen molar-refractivity contribution < 1.29 is 14.3 Å². The zero-order chi connectivity index (χ0) is 14.5. The number of amides is 1. The highest BCUT2D eigenvalue weighted by atomic mass is 19.1. The molecule has 1 heterocycles. The van der Waals surface area contributed by atoms with Gasteiger partial charge in [0.25, 0.3) is 0 Å². The second-order valence-electron chi connectivity index (χ2n) is 5.29. The summed E-state index contributed by atoms with van der Waals surface area (Å²) in [6, 6.07) is 5.88. The minimum absolute atomic E-state index is 0.00268. The standard InChI is InChI=1S/C16H20FNO2/c1-12-3-2-10-18(15(12)11-19)16(20)9-6-13-4-7-14(17)8-5-13/h4-9,12,15,19H,2-3,10-11H2,1H3/b9-6+. The highest BCUT2D eigenvalue weighted by Gasteiger charge is 2.29. The highest BCUT2D eigenvalue weighted by Crippen LogP contribution is 2.23. The fraction of sp³-hybridized carbons (Fsp3) is 0.438. The van der Waals surface area contributed by atoms with E-state index >= 15 is 0 Å². The Morgan fingerprint density at radius 1 is 1.45 bits per heavy atom. The molecule has 0 radical (unpaired) electrons. The maximum Gasteiger partial charge on any atom is 0.246 e. The van der Waals surface area contributed by atoms with E-state index in [4.69, 9.17) is 0 Å². The molecular weight excluding hydrogens is 257 g/mol. The number of carbonyl (C=O) groups is 1. The number of halogens is 1. The summed E-state index contributed by atoms with van der Waals surface area (Å²) in [6.45, 7) is 2.74. The van der Waals surface area contributed by atoms with E-state index in [1.54, 1.807) is 23.1 Å². The molecular formula is C16H20FNO2. The minimum atomic E-state index is -0.293. The summed E-state index contributed by atoms with van der Waals surface area (Å²) in [7, 11) is 0. The summed E-state index contributed by atoms with van der Waals surface area (Å²) in [5.74, 6) is -0.0736. The number of aliphatic hydroxyl groups is 1. The van der Waals surface area contributed by atoms with Crippen LogP contribution >= 0.6 is 0 Å². The van der Waals surface area contributed by atoms with Crippen LogP contribution in [0.3, 0.4) is 0 Å². The Balaban J connectivity index is 2.04. The lowest BCUT2D eigenvalue weighted by Crippen LogP contribution is -2.49. The maximum atomic E-state index is 12.8. The summed E-state index contributed by atoms with van der Waals surface area (Å²) < 4.78 is 12.8. The molecule has 4 heteroatoms. The first-order valence-corrected chi connectivity index (χ1v) is 6.97. The van der Waals surface area contributed by atoms with E-state index in [1.165, 1.54) is 18.2 Å². The van der Waals surface area contributed by atoms with Gasteiger partial charge < -0.3 is 10.0 Å². The number of rotatable bonds is 3. The molecule has 3 nitrogen and oxygen atoms in total. The van der Waals surface area contributed by atoms with E-state index in [0.717, 1.165) is 18.4 Å². The molecule has 0 spiro atoms. The zero-order valence-electron chi connectivity index (χ0n) is 11.6. The molecule has 1 saturated heterocycles. The lowest BCUT2D eigenvalue weighted by Gasteiger charge is -2.38. The van der Waals surface area contributed by atoms with Gasteiger partial charge in [-0.3, -0.25) is 4.79 Å². The van der Waals surface area contributed by atoms with Gasteiger partial charge in [0.15, 0.2) is 0 Å². The second-order valence-corrected chi connectivity index (χ2v) is 5.29. The molecule has 1 aliphatic heterocycles. The molecule has 0 saturated carbocycles. The van der Waals surface area contributed by atoms with Gasteiger partial charge >= 0.3 is 0 Å². The summed E-state index contributed by atoms with van der Waals surface area (Å²) in [5, 5.41) is 9.44. The average molecular weight is 277 g/mol. The summed E-state index contributed by atoms with van der Waals surface area (Å²) in [4.78, 5) is 13.9. The van der Waals surface area contributed by atoms with Crippen LogP contribution in [0.15, 0.2) is 30.3 Å². The number of hydrogen-bond acceptors (Lipinski definition) is 2. The third-order valence-corrected chi connectivity index (χ3v) is 3.87. The van der Waals surface area contributed by atoms with Gasteiger partial charge in [-0.15, -0.1) is 0 Å². The van der Waals surface area contributed by atoms with Gasteiger partial charge in [0.1, 0.15) is 5.82 Å². The third kappa shape index (κ3) is 3.45. The average Bonchev–Trinajstić information content (AvgIpc) is 2.46. The molecule has 108 valence electrons. The van der Waals surface area contributed by atoms with Gasteiger partial charge in [-0.25, -0.2) is 4.39 Å². The fourth-order valence-electron chi connectivity index (χ4n) is 2.64. The number of aliphatic hydroxyl groups excluding tert-OH is 1. The maximum absolute atomic E-state index is 12.8. The Labute approximate surface area is 118 Å². The van der Waals surface area contributed by atoms with Crippen molar-refractivity contribution in [3.05, 3.63) is 41.7 Å². The van der Waals surface area contributed by atoms with Gasteiger partial charge in [-0.05, 0) is 42.5 Å². The van der Waals surface area contributed by atoms with Crippen molar-refractivity contribution in [3.8, 4) is 0 Å².